The van der Waals surface area contributed by atoms with E-state index in [1.807, 2.05) is 18.3 Å². The van der Waals surface area contributed by atoms with Crippen LogP contribution in [0.2, 0.25) is 5.15 Å². The molecule has 0 aliphatic rings. The van der Waals surface area contributed by atoms with Crippen molar-refractivity contribution in [2.45, 2.75) is 12.8 Å². The van der Waals surface area contributed by atoms with Crippen LogP contribution in [0.25, 0.3) is 22.3 Å². The second-order valence-corrected chi connectivity index (χ2v) is 7.15. The maximum Gasteiger partial charge on any atom is 0.251 e. The molecule has 0 aliphatic heterocycles. The van der Waals surface area contributed by atoms with E-state index >= 15 is 0 Å². The van der Waals surface area contributed by atoms with E-state index in [-0.39, 0.29) is 16.9 Å². The molecule has 0 fully saturated rings. The molecule has 0 radical (unpaired) electrons. The number of nitrogens with zero attached hydrogens (tertiary/aromatic N) is 3. The van der Waals surface area contributed by atoms with E-state index < -0.39 is 0 Å². The van der Waals surface area contributed by atoms with Crippen LogP contribution in [0.4, 0.5) is 4.39 Å². The maximum atomic E-state index is 13.2. The standard InChI is InChI=1S/C23H18ClFN4O/c24-22-21(16-5-8-18(25)9-6-16)28-20-13-17(7-10-19(20)29-22)23(30)27-12-2-4-15-3-1-11-26-14-15/h1,3,5-11,13-14H,2,4,12H2,(H,27,30). The van der Waals surface area contributed by atoms with Crippen molar-refractivity contribution in [1.82, 2.24) is 20.3 Å². The van der Waals surface area contributed by atoms with E-state index in [1.54, 1.807) is 36.5 Å². The average molecular weight is 421 g/mol. The second kappa shape index (κ2) is 8.97. The Morgan fingerprint density at radius 3 is 2.63 bits per heavy atom. The monoisotopic (exact) mass is 420 g/mol. The normalized spacial score (nSPS) is 10.9. The molecule has 30 heavy (non-hydrogen) atoms. The van der Waals surface area contributed by atoms with E-state index in [4.69, 9.17) is 11.6 Å². The fourth-order valence-corrected chi connectivity index (χ4v) is 3.35. The van der Waals surface area contributed by atoms with Crippen molar-refractivity contribution >= 4 is 28.5 Å². The molecule has 0 atom stereocenters. The SMILES string of the molecule is O=C(NCCCc1cccnc1)c1ccc2nc(Cl)c(-c3ccc(F)cc3)nc2c1. The van der Waals surface area contributed by atoms with Gasteiger partial charge in [0.1, 0.15) is 11.5 Å². The molecule has 1 amide bonds. The van der Waals surface area contributed by atoms with Gasteiger partial charge in [-0.3, -0.25) is 9.78 Å². The fraction of sp³-hybridized carbons (Fsp3) is 0.130. The summed E-state index contributed by atoms with van der Waals surface area (Å²) in [4.78, 5) is 25.5. The number of halogens is 2. The molecule has 0 unspecified atom stereocenters. The molecule has 150 valence electrons. The maximum absolute atomic E-state index is 13.2. The Morgan fingerprint density at radius 2 is 1.87 bits per heavy atom. The summed E-state index contributed by atoms with van der Waals surface area (Å²) in [6.45, 7) is 0.554. The molecule has 2 aromatic heterocycles. The van der Waals surface area contributed by atoms with Crippen molar-refractivity contribution < 1.29 is 9.18 Å². The summed E-state index contributed by atoms with van der Waals surface area (Å²) >= 11 is 6.26. The van der Waals surface area contributed by atoms with Crippen molar-refractivity contribution in [2.75, 3.05) is 6.54 Å². The number of pyridine rings is 1. The Bertz CT molecular complexity index is 1180. The van der Waals surface area contributed by atoms with Crippen molar-refractivity contribution in [3.05, 3.63) is 89.1 Å². The summed E-state index contributed by atoms with van der Waals surface area (Å²) in [6, 6.07) is 14.9. The second-order valence-electron chi connectivity index (χ2n) is 6.79. The van der Waals surface area contributed by atoms with Gasteiger partial charge in [-0.25, -0.2) is 14.4 Å². The summed E-state index contributed by atoms with van der Waals surface area (Å²) < 4.78 is 13.2. The first-order chi connectivity index (χ1) is 14.6. The van der Waals surface area contributed by atoms with Crippen molar-refractivity contribution in [3.63, 3.8) is 0 Å². The highest BCUT2D eigenvalue weighted by atomic mass is 35.5. The zero-order valence-electron chi connectivity index (χ0n) is 16.0. The molecule has 0 aliphatic carbocycles. The van der Waals surface area contributed by atoms with E-state index in [0.717, 1.165) is 18.4 Å². The number of benzene rings is 2. The fourth-order valence-electron chi connectivity index (χ4n) is 3.11. The molecular formula is C23H18ClFN4O. The zero-order chi connectivity index (χ0) is 20.9. The third-order valence-corrected chi connectivity index (χ3v) is 4.92. The lowest BCUT2D eigenvalue weighted by Crippen LogP contribution is -2.24. The quantitative estimate of drug-likeness (QED) is 0.453. The van der Waals surface area contributed by atoms with Crippen LogP contribution in [-0.2, 0) is 6.42 Å². The third-order valence-electron chi connectivity index (χ3n) is 4.65. The summed E-state index contributed by atoms with van der Waals surface area (Å²) in [7, 11) is 0. The van der Waals surface area contributed by atoms with Gasteiger partial charge in [-0.2, -0.15) is 0 Å². The summed E-state index contributed by atoms with van der Waals surface area (Å²) in [5, 5.41) is 3.15. The van der Waals surface area contributed by atoms with Crippen LogP contribution in [0.1, 0.15) is 22.3 Å². The highest BCUT2D eigenvalue weighted by molar-refractivity contribution is 6.32. The number of aryl methyl sites for hydroxylation is 1. The van der Waals surface area contributed by atoms with Gasteiger partial charge in [-0.15, -0.1) is 0 Å². The lowest BCUT2D eigenvalue weighted by Gasteiger charge is -2.08. The van der Waals surface area contributed by atoms with E-state index in [2.05, 4.69) is 20.3 Å². The largest absolute Gasteiger partial charge is 0.352 e. The molecule has 0 spiro atoms. The van der Waals surface area contributed by atoms with Gasteiger partial charge in [-0.05, 0) is 66.9 Å². The Labute approximate surface area is 178 Å². The van der Waals surface area contributed by atoms with E-state index in [1.165, 1.54) is 12.1 Å². The first-order valence-corrected chi connectivity index (χ1v) is 9.88. The van der Waals surface area contributed by atoms with Gasteiger partial charge in [0.15, 0.2) is 5.15 Å². The smallest absolute Gasteiger partial charge is 0.251 e. The molecule has 4 rings (SSSR count). The predicted octanol–water partition coefficient (Wildman–Crippen LogP) is 4.85. The molecule has 7 heteroatoms. The Balaban J connectivity index is 1.48. The molecule has 1 N–H and O–H groups in total. The first kappa shape index (κ1) is 19.9. The topological polar surface area (TPSA) is 67.8 Å². The number of rotatable bonds is 6. The lowest BCUT2D eigenvalue weighted by molar-refractivity contribution is 0.0953. The van der Waals surface area contributed by atoms with Gasteiger partial charge >= 0.3 is 0 Å². The van der Waals surface area contributed by atoms with Crippen LogP contribution < -0.4 is 5.32 Å². The molecule has 2 aromatic carbocycles. The molecule has 4 aromatic rings. The first-order valence-electron chi connectivity index (χ1n) is 9.50. The van der Waals surface area contributed by atoms with E-state index in [0.29, 0.717) is 34.4 Å². The molecule has 0 bridgehead atoms. The number of carbonyl (C=O) groups is 1. The van der Waals surface area contributed by atoms with Gasteiger partial charge in [-0.1, -0.05) is 17.7 Å². The summed E-state index contributed by atoms with van der Waals surface area (Å²) in [6.07, 6.45) is 5.22. The summed E-state index contributed by atoms with van der Waals surface area (Å²) in [5.41, 5.74) is 3.85. The molecule has 0 saturated heterocycles. The Hall–Kier alpha value is -3.38. The zero-order valence-corrected chi connectivity index (χ0v) is 16.7. The van der Waals surface area contributed by atoms with Crippen LogP contribution in [-0.4, -0.2) is 27.4 Å². The minimum absolute atomic E-state index is 0.178. The summed E-state index contributed by atoms with van der Waals surface area (Å²) in [5.74, 6) is -0.519. The average Bonchev–Trinajstić information content (AvgIpc) is 2.77. The number of aromatic nitrogens is 3. The van der Waals surface area contributed by atoms with Crippen LogP contribution in [0, 0.1) is 5.82 Å². The highest BCUT2D eigenvalue weighted by Gasteiger charge is 2.12. The van der Waals surface area contributed by atoms with Gasteiger partial charge in [0.05, 0.1) is 11.0 Å². The number of nitrogens with one attached hydrogen (secondary N) is 1. The lowest BCUT2D eigenvalue weighted by atomic mass is 10.1. The molecule has 0 saturated carbocycles. The van der Waals surface area contributed by atoms with Gasteiger partial charge < -0.3 is 5.32 Å². The Kier molecular flexibility index (Phi) is 5.95. The van der Waals surface area contributed by atoms with Crippen molar-refractivity contribution in [3.8, 4) is 11.3 Å². The Morgan fingerprint density at radius 1 is 1.03 bits per heavy atom. The third kappa shape index (κ3) is 4.60. The van der Waals surface area contributed by atoms with Gasteiger partial charge in [0.2, 0.25) is 0 Å². The minimum atomic E-state index is -0.342. The van der Waals surface area contributed by atoms with Gasteiger partial charge in [0.25, 0.3) is 5.91 Å². The van der Waals surface area contributed by atoms with Crippen LogP contribution >= 0.6 is 11.6 Å². The minimum Gasteiger partial charge on any atom is -0.352 e. The number of fused-ring (bicyclic) bond motifs is 1. The number of hydrogen-bond acceptors (Lipinski definition) is 4. The highest BCUT2D eigenvalue weighted by Crippen LogP contribution is 2.27. The van der Waals surface area contributed by atoms with Crippen molar-refractivity contribution in [2.24, 2.45) is 0 Å². The van der Waals surface area contributed by atoms with Crippen LogP contribution in [0.15, 0.2) is 67.0 Å². The van der Waals surface area contributed by atoms with E-state index in [9.17, 15) is 9.18 Å². The molecular weight excluding hydrogens is 403 g/mol. The number of carbonyl (C=O) groups excluding carboxylic acids is 1. The molecule has 5 nitrogen and oxygen atoms in total. The van der Waals surface area contributed by atoms with Gasteiger partial charge in [0, 0.05) is 30.1 Å². The van der Waals surface area contributed by atoms with Crippen molar-refractivity contribution in [1.29, 1.82) is 0 Å². The molecule has 2 heterocycles. The van der Waals surface area contributed by atoms with Crippen LogP contribution in [0.3, 0.4) is 0 Å². The number of amides is 1. The number of hydrogen-bond donors (Lipinski definition) is 1. The van der Waals surface area contributed by atoms with Crippen LogP contribution in [0.5, 0.6) is 0 Å². The predicted molar refractivity (Wildman–Crippen MR) is 115 cm³/mol.